The van der Waals surface area contributed by atoms with Crippen LogP contribution in [0.5, 0.6) is 0 Å². The summed E-state index contributed by atoms with van der Waals surface area (Å²) in [6.45, 7) is 6.83. The summed E-state index contributed by atoms with van der Waals surface area (Å²) in [5, 5.41) is 0. The molecule has 0 saturated carbocycles. The summed E-state index contributed by atoms with van der Waals surface area (Å²) in [6, 6.07) is 0. The van der Waals surface area contributed by atoms with Crippen molar-refractivity contribution < 1.29 is 32.7 Å². The number of carbonyl (C=O) groups excluding carboxylic acids is 2. The third-order valence-corrected chi connectivity index (χ3v) is 3.39. The van der Waals surface area contributed by atoms with Gasteiger partial charge in [-0.3, -0.25) is 13.6 Å². The van der Waals surface area contributed by atoms with Crippen LogP contribution in [0.2, 0.25) is 0 Å². The van der Waals surface area contributed by atoms with Crippen molar-refractivity contribution in [2.45, 2.75) is 6.92 Å². The van der Waals surface area contributed by atoms with Crippen molar-refractivity contribution in [2.24, 2.45) is 0 Å². The lowest BCUT2D eigenvalue weighted by molar-refractivity contribution is -0.146. The number of hydrogen-bond acceptors (Lipinski definition) is 7. The quantitative estimate of drug-likeness (QED) is 0.274. The van der Waals surface area contributed by atoms with Gasteiger partial charge >= 0.3 is 19.5 Å². The molecule has 0 aromatic carbocycles. The molecule has 0 spiro atoms. The molecule has 0 unspecified atom stereocenters. The second-order valence-corrected chi connectivity index (χ2v) is 5.13. The molecule has 8 heteroatoms. The molecule has 0 aromatic rings. The fourth-order valence-corrected chi connectivity index (χ4v) is 1.53. The minimum absolute atomic E-state index is 0.0320. The van der Waals surface area contributed by atoms with Gasteiger partial charge in [-0.05, 0) is 0 Å². The summed E-state index contributed by atoms with van der Waals surface area (Å²) < 4.78 is 30.4. The summed E-state index contributed by atoms with van der Waals surface area (Å²) in [7, 11) is -3.46. The molecule has 18 heavy (non-hydrogen) atoms. The van der Waals surface area contributed by atoms with E-state index in [1.807, 2.05) is 0 Å². The summed E-state index contributed by atoms with van der Waals surface area (Å²) in [5.74, 6) is -1.42. The van der Waals surface area contributed by atoms with Crippen molar-refractivity contribution in [2.75, 3.05) is 19.7 Å². The molecule has 0 saturated heterocycles. The largest absolute Gasteiger partial charge is 0.435 e. The molecule has 0 radical (unpaired) electrons. The van der Waals surface area contributed by atoms with E-state index in [1.54, 1.807) is 6.92 Å². The molecule has 0 fully saturated rings. The number of carbonyl (C=O) groups is 2. The van der Waals surface area contributed by atoms with Gasteiger partial charge < -0.3 is 9.47 Å². The molecule has 0 atom stereocenters. The van der Waals surface area contributed by atoms with E-state index in [-0.39, 0.29) is 6.16 Å². The van der Waals surface area contributed by atoms with Gasteiger partial charge in [0.2, 0.25) is 13.6 Å². The highest BCUT2D eigenvalue weighted by atomic mass is 31.2. The molecule has 7 nitrogen and oxygen atoms in total. The van der Waals surface area contributed by atoms with Gasteiger partial charge in [0.1, 0.15) is 0 Å². The maximum absolute atomic E-state index is 11.8. The van der Waals surface area contributed by atoms with Crippen molar-refractivity contribution >= 4 is 19.5 Å². The zero-order valence-corrected chi connectivity index (χ0v) is 10.9. The van der Waals surface area contributed by atoms with Crippen LogP contribution in [0.4, 0.5) is 0 Å². The van der Waals surface area contributed by atoms with Gasteiger partial charge in [-0.1, -0.05) is 20.1 Å². The van der Waals surface area contributed by atoms with E-state index in [4.69, 9.17) is 9.05 Å². The Kier molecular flexibility index (Phi) is 7.94. The van der Waals surface area contributed by atoms with Crippen LogP contribution in [-0.4, -0.2) is 31.7 Å². The van der Waals surface area contributed by atoms with Crippen LogP contribution < -0.4 is 0 Å². The predicted molar refractivity (Wildman–Crippen MR) is 62.6 cm³/mol. The van der Waals surface area contributed by atoms with Gasteiger partial charge in [-0.15, -0.1) is 0 Å². The van der Waals surface area contributed by atoms with Crippen LogP contribution in [-0.2, 0) is 32.7 Å². The first kappa shape index (κ1) is 16.6. The predicted octanol–water partition coefficient (Wildman–Crippen LogP) is 1.61. The standard InChI is InChI=1S/C10H15O7P/c1-4-9(11)14-7-16-18(13,6-3)17-8-15-10(12)5-2/h4-5H,1-2,6-8H2,3H3. The molecule has 102 valence electrons. The lowest BCUT2D eigenvalue weighted by Crippen LogP contribution is -2.09. The summed E-state index contributed by atoms with van der Waals surface area (Å²) >= 11 is 0. The van der Waals surface area contributed by atoms with E-state index in [1.165, 1.54) is 0 Å². The molecule has 0 aliphatic carbocycles. The van der Waals surface area contributed by atoms with E-state index in [2.05, 4.69) is 22.6 Å². The zero-order valence-electron chi connectivity index (χ0n) is 10.00. The Morgan fingerprint density at radius 3 is 1.72 bits per heavy atom. The Labute approximate surface area is 105 Å². The van der Waals surface area contributed by atoms with Crippen molar-refractivity contribution in [3.8, 4) is 0 Å². The van der Waals surface area contributed by atoms with Crippen LogP contribution in [0.1, 0.15) is 6.92 Å². The topological polar surface area (TPSA) is 88.1 Å². The zero-order chi connectivity index (χ0) is 14.0. The van der Waals surface area contributed by atoms with Crippen LogP contribution in [0, 0.1) is 0 Å². The number of ether oxygens (including phenoxy) is 2. The van der Waals surface area contributed by atoms with Crippen molar-refractivity contribution in [1.29, 1.82) is 0 Å². The Hall–Kier alpha value is -1.43. The Morgan fingerprint density at radius 1 is 1.06 bits per heavy atom. The van der Waals surface area contributed by atoms with Gasteiger partial charge in [0, 0.05) is 18.3 Å². The van der Waals surface area contributed by atoms with Gasteiger partial charge in [-0.25, -0.2) is 9.59 Å². The number of hydrogen-bond donors (Lipinski definition) is 0. The lowest BCUT2D eigenvalue weighted by Gasteiger charge is -2.16. The van der Waals surface area contributed by atoms with E-state index >= 15 is 0 Å². The van der Waals surface area contributed by atoms with Crippen LogP contribution in [0.25, 0.3) is 0 Å². The molecule has 0 N–H and O–H groups in total. The van der Waals surface area contributed by atoms with Crippen molar-refractivity contribution in [3.05, 3.63) is 25.3 Å². The molecule has 0 bridgehead atoms. The Bertz CT molecular complexity index is 333. The monoisotopic (exact) mass is 278 g/mol. The molecule has 0 amide bonds. The number of esters is 2. The SMILES string of the molecule is C=CC(=O)OCOP(=O)(CC)OCOC(=O)C=C. The minimum Gasteiger partial charge on any atom is -0.435 e. The number of rotatable bonds is 9. The van der Waals surface area contributed by atoms with Gasteiger partial charge in [0.15, 0.2) is 0 Å². The van der Waals surface area contributed by atoms with E-state index < -0.39 is 33.1 Å². The molecule has 0 aliphatic rings. The third kappa shape index (κ3) is 7.01. The van der Waals surface area contributed by atoms with Crippen LogP contribution in [0.3, 0.4) is 0 Å². The van der Waals surface area contributed by atoms with Gasteiger partial charge in [0.25, 0.3) is 0 Å². The molecule has 0 aromatic heterocycles. The van der Waals surface area contributed by atoms with Crippen molar-refractivity contribution in [1.82, 2.24) is 0 Å². The Balaban J connectivity index is 4.06. The average molecular weight is 278 g/mol. The fourth-order valence-electron chi connectivity index (χ4n) is 0.667. The first-order chi connectivity index (χ1) is 8.47. The molecule has 0 rings (SSSR count). The molecule has 0 aliphatic heterocycles. The van der Waals surface area contributed by atoms with Gasteiger partial charge in [-0.2, -0.15) is 0 Å². The highest BCUT2D eigenvalue weighted by Crippen LogP contribution is 2.47. The molecular weight excluding hydrogens is 263 g/mol. The molecule has 0 heterocycles. The van der Waals surface area contributed by atoms with Crippen LogP contribution in [0.15, 0.2) is 25.3 Å². The van der Waals surface area contributed by atoms with E-state index in [0.717, 1.165) is 12.2 Å². The minimum atomic E-state index is -3.46. The first-order valence-corrected chi connectivity index (χ1v) is 6.66. The highest BCUT2D eigenvalue weighted by Gasteiger charge is 2.23. The smallest absolute Gasteiger partial charge is 0.336 e. The van der Waals surface area contributed by atoms with E-state index in [0.29, 0.717) is 0 Å². The van der Waals surface area contributed by atoms with E-state index in [9.17, 15) is 14.2 Å². The summed E-state index contributed by atoms with van der Waals surface area (Å²) in [5.41, 5.74) is 0. The average Bonchev–Trinajstić information content (AvgIpc) is 2.38. The Morgan fingerprint density at radius 2 is 1.44 bits per heavy atom. The highest BCUT2D eigenvalue weighted by molar-refractivity contribution is 7.53. The molecular formula is C10H15O7P. The second kappa shape index (κ2) is 8.63. The second-order valence-electron chi connectivity index (χ2n) is 2.76. The first-order valence-electron chi connectivity index (χ1n) is 4.94. The normalized spacial score (nSPS) is 10.5. The summed E-state index contributed by atoms with van der Waals surface area (Å²) in [6.07, 6.45) is 1.91. The van der Waals surface area contributed by atoms with Gasteiger partial charge in [0.05, 0.1) is 0 Å². The maximum atomic E-state index is 11.8. The maximum Gasteiger partial charge on any atom is 0.336 e. The lowest BCUT2D eigenvalue weighted by atomic mass is 10.7. The fraction of sp³-hybridized carbons (Fsp3) is 0.400. The van der Waals surface area contributed by atoms with Crippen LogP contribution >= 0.6 is 7.60 Å². The summed E-state index contributed by atoms with van der Waals surface area (Å²) in [4.78, 5) is 21.4. The van der Waals surface area contributed by atoms with Crippen molar-refractivity contribution in [3.63, 3.8) is 0 Å². The third-order valence-electron chi connectivity index (χ3n) is 1.62.